The standard InChI is InChI=1S/C12H26N2O4/c1-15-6-7-17-10-11-18-9-8-16-5-3-2-4-12(13)14/h2-11H2,1H3,(H3,13,14). The number of hydrogen-bond donors (Lipinski definition) is 2. The molecule has 0 fully saturated rings. The predicted molar refractivity (Wildman–Crippen MR) is 70.1 cm³/mol. The summed E-state index contributed by atoms with van der Waals surface area (Å²) in [4.78, 5) is 0. The van der Waals surface area contributed by atoms with Crippen LogP contribution in [0.5, 0.6) is 0 Å². The summed E-state index contributed by atoms with van der Waals surface area (Å²) < 4.78 is 20.8. The van der Waals surface area contributed by atoms with Gasteiger partial charge in [-0.1, -0.05) is 0 Å². The Balaban J connectivity index is 2.92. The van der Waals surface area contributed by atoms with E-state index in [2.05, 4.69) is 0 Å². The van der Waals surface area contributed by atoms with Crippen molar-refractivity contribution >= 4 is 5.84 Å². The van der Waals surface area contributed by atoms with Crippen LogP contribution in [0.25, 0.3) is 0 Å². The Bertz CT molecular complexity index is 191. The minimum Gasteiger partial charge on any atom is -0.388 e. The van der Waals surface area contributed by atoms with E-state index >= 15 is 0 Å². The molecule has 0 spiro atoms. The van der Waals surface area contributed by atoms with Crippen LogP contribution in [-0.2, 0) is 18.9 Å². The number of unbranched alkanes of at least 4 members (excludes halogenated alkanes) is 1. The lowest BCUT2D eigenvalue weighted by Crippen LogP contribution is -2.12. The Morgan fingerprint density at radius 1 is 0.833 bits per heavy atom. The van der Waals surface area contributed by atoms with Crippen molar-refractivity contribution in [2.75, 3.05) is 53.4 Å². The van der Waals surface area contributed by atoms with E-state index in [1.807, 2.05) is 0 Å². The molecular weight excluding hydrogens is 236 g/mol. The number of amidine groups is 1. The van der Waals surface area contributed by atoms with Gasteiger partial charge in [0.05, 0.1) is 45.5 Å². The third-order valence-corrected chi connectivity index (χ3v) is 2.16. The number of ether oxygens (including phenoxy) is 4. The highest BCUT2D eigenvalue weighted by Gasteiger charge is 1.93. The largest absolute Gasteiger partial charge is 0.388 e. The zero-order valence-corrected chi connectivity index (χ0v) is 11.3. The summed E-state index contributed by atoms with van der Waals surface area (Å²) in [5.74, 6) is 0.242. The van der Waals surface area contributed by atoms with Gasteiger partial charge in [0.1, 0.15) is 0 Å². The first kappa shape index (κ1) is 17.3. The number of nitrogens with one attached hydrogen (secondary N) is 1. The molecule has 0 aromatic carbocycles. The summed E-state index contributed by atoms with van der Waals surface area (Å²) in [6, 6.07) is 0. The third kappa shape index (κ3) is 15.3. The van der Waals surface area contributed by atoms with Gasteiger partial charge in [0, 0.05) is 20.1 Å². The highest BCUT2D eigenvalue weighted by Crippen LogP contribution is 1.94. The van der Waals surface area contributed by atoms with Crippen molar-refractivity contribution in [3.8, 4) is 0 Å². The summed E-state index contributed by atoms with van der Waals surface area (Å²) in [5.41, 5.74) is 5.23. The van der Waals surface area contributed by atoms with Gasteiger partial charge >= 0.3 is 0 Å². The van der Waals surface area contributed by atoms with Crippen molar-refractivity contribution < 1.29 is 18.9 Å². The number of hydrogen-bond acceptors (Lipinski definition) is 5. The minimum absolute atomic E-state index is 0.242. The molecule has 108 valence electrons. The average molecular weight is 262 g/mol. The van der Waals surface area contributed by atoms with Gasteiger partial charge in [-0.25, -0.2) is 0 Å². The molecule has 0 bridgehead atoms. The Morgan fingerprint density at radius 2 is 1.33 bits per heavy atom. The molecular formula is C12H26N2O4. The zero-order valence-electron chi connectivity index (χ0n) is 11.3. The molecule has 18 heavy (non-hydrogen) atoms. The summed E-state index contributed by atoms with van der Waals surface area (Å²) >= 11 is 0. The van der Waals surface area contributed by atoms with E-state index in [4.69, 9.17) is 30.1 Å². The Hall–Kier alpha value is -0.690. The number of methoxy groups -OCH3 is 1. The summed E-state index contributed by atoms with van der Waals surface area (Å²) in [6.07, 6.45) is 2.49. The van der Waals surface area contributed by atoms with Crippen LogP contribution >= 0.6 is 0 Å². The molecule has 0 saturated carbocycles. The third-order valence-electron chi connectivity index (χ3n) is 2.16. The molecule has 6 heteroatoms. The van der Waals surface area contributed by atoms with Gasteiger partial charge in [-0.15, -0.1) is 0 Å². The van der Waals surface area contributed by atoms with Gasteiger partial charge < -0.3 is 24.7 Å². The molecule has 0 atom stereocenters. The number of nitrogens with two attached hydrogens (primary N) is 1. The first-order valence-corrected chi connectivity index (χ1v) is 6.32. The summed E-state index contributed by atoms with van der Waals surface area (Å²) in [6.45, 7) is 4.26. The normalized spacial score (nSPS) is 10.7. The number of rotatable bonds is 14. The fraction of sp³-hybridized carbons (Fsp3) is 0.917. The van der Waals surface area contributed by atoms with Crippen LogP contribution < -0.4 is 5.73 Å². The average Bonchev–Trinajstić information content (AvgIpc) is 2.34. The highest BCUT2D eigenvalue weighted by atomic mass is 16.6. The van der Waals surface area contributed by atoms with Crippen LogP contribution in [0.15, 0.2) is 0 Å². The van der Waals surface area contributed by atoms with Gasteiger partial charge in [-0.05, 0) is 12.8 Å². The quantitative estimate of drug-likeness (QED) is 0.274. The second-order valence-corrected chi connectivity index (χ2v) is 3.81. The van der Waals surface area contributed by atoms with Gasteiger partial charge in [0.2, 0.25) is 0 Å². The molecule has 0 aromatic rings. The molecule has 0 unspecified atom stereocenters. The van der Waals surface area contributed by atoms with Crippen molar-refractivity contribution in [1.82, 2.24) is 0 Å². The predicted octanol–water partition coefficient (Wildman–Crippen LogP) is 0.789. The van der Waals surface area contributed by atoms with Crippen LogP contribution in [0.3, 0.4) is 0 Å². The highest BCUT2D eigenvalue weighted by molar-refractivity contribution is 5.76. The lowest BCUT2D eigenvalue weighted by atomic mass is 10.2. The molecule has 0 rings (SSSR count). The van der Waals surface area contributed by atoms with E-state index in [1.165, 1.54) is 0 Å². The van der Waals surface area contributed by atoms with Crippen LogP contribution in [0, 0.1) is 5.41 Å². The summed E-state index contributed by atoms with van der Waals surface area (Å²) in [5, 5.41) is 7.04. The molecule has 3 N–H and O–H groups in total. The maximum absolute atomic E-state index is 7.04. The van der Waals surface area contributed by atoms with Crippen LogP contribution in [0.4, 0.5) is 0 Å². The van der Waals surface area contributed by atoms with E-state index in [9.17, 15) is 0 Å². The molecule has 0 amide bonds. The summed E-state index contributed by atoms with van der Waals surface area (Å²) in [7, 11) is 1.65. The van der Waals surface area contributed by atoms with E-state index in [0.717, 1.165) is 12.8 Å². The first-order valence-electron chi connectivity index (χ1n) is 6.32. The van der Waals surface area contributed by atoms with Gasteiger partial charge in [0.15, 0.2) is 0 Å². The lowest BCUT2D eigenvalue weighted by Gasteiger charge is -2.06. The molecule has 0 radical (unpaired) electrons. The minimum atomic E-state index is 0.242. The SMILES string of the molecule is COCCOCCOCCOCCCCC(=N)N. The second-order valence-electron chi connectivity index (χ2n) is 3.81. The molecule has 6 nitrogen and oxygen atoms in total. The molecule has 0 saturated heterocycles. The van der Waals surface area contributed by atoms with Gasteiger partial charge in [-0.3, -0.25) is 5.41 Å². The van der Waals surface area contributed by atoms with Crippen molar-refractivity contribution in [2.45, 2.75) is 19.3 Å². The van der Waals surface area contributed by atoms with Crippen molar-refractivity contribution in [1.29, 1.82) is 5.41 Å². The van der Waals surface area contributed by atoms with Crippen molar-refractivity contribution in [2.24, 2.45) is 5.73 Å². The van der Waals surface area contributed by atoms with Crippen molar-refractivity contribution in [3.63, 3.8) is 0 Å². The monoisotopic (exact) mass is 262 g/mol. The molecule has 0 aliphatic rings. The van der Waals surface area contributed by atoms with E-state index in [-0.39, 0.29) is 5.84 Å². The topological polar surface area (TPSA) is 86.8 Å². The first-order chi connectivity index (χ1) is 8.77. The Kier molecular flexibility index (Phi) is 13.8. The van der Waals surface area contributed by atoms with Gasteiger partial charge in [0.25, 0.3) is 0 Å². The molecule has 0 aliphatic carbocycles. The van der Waals surface area contributed by atoms with E-state index < -0.39 is 0 Å². The van der Waals surface area contributed by atoms with E-state index in [0.29, 0.717) is 52.7 Å². The fourth-order valence-electron chi connectivity index (χ4n) is 1.20. The van der Waals surface area contributed by atoms with E-state index in [1.54, 1.807) is 7.11 Å². The smallest absolute Gasteiger partial charge is 0.0905 e. The maximum Gasteiger partial charge on any atom is 0.0905 e. The Labute approximate surface area is 109 Å². The fourth-order valence-corrected chi connectivity index (χ4v) is 1.20. The Morgan fingerprint density at radius 3 is 1.83 bits per heavy atom. The van der Waals surface area contributed by atoms with Gasteiger partial charge in [-0.2, -0.15) is 0 Å². The molecule has 0 aromatic heterocycles. The van der Waals surface area contributed by atoms with Crippen LogP contribution in [-0.4, -0.2) is 59.2 Å². The maximum atomic E-state index is 7.04. The van der Waals surface area contributed by atoms with Crippen molar-refractivity contribution in [3.05, 3.63) is 0 Å². The lowest BCUT2D eigenvalue weighted by molar-refractivity contribution is 0.00331. The molecule has 0 aliphatic heterocycles. The van der Waals surface area contributed by atoms with Crippen LogP contribution in [0.1, 0.15) is 19.3 Å². The molecule has 0 heterocycles. The van der Waals surface area contributed by atoms with Crippen LogP contribution in [0.2, 0.25) is 0 Å². The second kappa shape index (κ2) is 14.4. The zero-order chi connectivity index (χ0) is 13.5.